The summed E-state index contributed by atoms with van der Waals surface area (Å²) >= 11 is 0. The molecule has 0 bridgehead atoms. The van der Waals surface area contributed by atoms with Gasteiger partial charge < -0.3 is 15.2 Å². The van der Waals surface area contributed by atoms with Gasteiger partial charge in [-0.1, -0.05) is 17.3 Å². The smallest absolute Gasteiger partial charge is 0.273 e. The minimum atomic E-state index is -0.361. The molecule has 0 atom stereocenters. The Balaban J connectivity index is 1.37. The maximum Gasteiger partial charge on any atom is 0.273 e. The number of carbonyl (C=O) groups is 2. The number of hydrogen-bond acceptors (Lipinski definition) is 6. The van der Waals surface area contributed by atoms with E-state index in [1.54, 1.807) is 67.3 Å². The van der Waals surface area contributed by atoms with Gasteiger partial charge >= 0.3 is 0 Å². The van der Waals surface area contributed by atoms with Gasteiger partial charge in [-0.15, -0.1) is 0 Å². The molecule has 8 heteroatoms. The first-order valence-corrected chi connectivity index (χ1v) is 9.15. The molecular formula is C22H17N5O3. The number of aromatic nitrogens is 3. The van der Waals surface area contributed by atoms with Crippen LogP contribution in [0, 0.1) is 0 Å². The molecule has 3 heterocycles. The standard InChI is InChI=1S/C22H17N5O3/c28-21(16-6-9-23-10-7-16)26-18-5-1-3-15(11-18)13-25-22(29)19-12-20(30-27-19)17-4-2-8-24-14-17/h1-12,14H,13H2,(H,25,29)(H,26,28). The van der Waals surface area contributed by atoms with Crippen molar-refractivity contribution in [1.82, 2.24) is 20.4 Å². The Morgan fingerprint density at radius 2 is 1.77 bits per heavy atom. The number of carbonyl (C=O) groups excluding carboxylic acids is 2. The van der Waals surface area contributed by atoms with Crippen LogP contribution >= 0.6 is 0 Å². The minimum Gasteiger partial charge on any atom is -0.355 e. The highest BCUT2D eigenvalue weighted by Gasteiger charge is 2.14. The van der Waals surface area contributed by atoms with Crippen LogP contribution in [0.25, 0.3) is 11.3 Å². The van der Waals surface area contributed by atoms with Gasteiger partial charge in [0.2, 0.25) is 0 Å². The first-order valence-electron chi connectivity index (χ1n) is 9.15. The fourth-order valence-corrected chi connectivity index (χ4v) is 2.77. The zero-order valence-electron chi connectivity index (χ0n) is 15.8. The lowest BCUT2D eigenvalue weighted by molar-refractivity contribution is 0.0941. The Bertz CT molecular complexity index is 1160. The highest BCUT2D eigenvalue weighted by Crippen LogP contribution is 2.19. The normalized spacial score (nSPS) is 10.4. The van der Waals surface area contributed by atoms with E-state index in [0.717, 1.165) is 11.1 Å². The molecule has 0 saturated carbocycles. The van der Waals surface area contributed by atoms with Crippen molar-refractivity contribution < 1.29 is 14.1 Å². The molecule has 8 nitrogen and oxygen atoms in total. The predicted octanol–water partition coefficient (Wildman–Crippen LogP) is 3.31. The van der Waals surface area contributed by atoms with E-state index in [4.69, 9.17) is 4.52 Å². The fraction of sp³-hybridized carbons (Fsp3) is 0.0455. The number of hydrogen-bond donors (Lipinski definition) is 2. The number of rotatable bonds is 6. The van der Waals surface area contributed by atoms with E-state index in [0.29, 0.717) is 17.0 Å². The third-order valence-corrected chi connectivity index (χ3v) is 4.27. The van der Waals surface area contributed by atoms with Crippen LogP contribution in [-0.2, 0) is 6.54 Å². The molecule has 30 heavy (non-hydrogen) atoms. The van der Waals surface area contributed by atoms with E-state index in [1.807, 2.05) is 12.1 Å². The van der Waals surface area contributed by atoms with Gasteiger partial charge in [0.1, 0.15) is 0 Å². The molecule has 1 aromatic carbocycles. The Labute approximate surface area is 172 Å². The van der Waals surface area contributed by atoms with Gasteiger partial charge in [-0.05, 0) is 42.0 Å². The van der Waals surface area contributed by atoms with E-state index in [9.17, 15) is 9.59 Å². The highest BCUT2D eigenvalue weighted by molar-refractivity contribution is 6.04. The summed E-state index contributed by atoms with van der Waals surface area (Å²) in [5, 5.41) is 9.44. The molecule has 148 valence electrons. The van der Waals surface area contributed by atoms with Crippen molar-refractivity contribution >= 4 is 17.5 Å². The van der Waals surface area contributed by atoms with Crippen molar-refractivity contribution in [2.45, 2.75) is 6.54 Å². The van der Waals surface area contributed by atoms with Crippen molar-refractivity contribution in [3.05, 3.63) is 96.2 Å². The molecule has 0 unspecified atom stereocenters. The number of amides is 2. The molecular weight excluding hydrogens is 382 g/mol. The quantitative estimate of drug-likeness (QED) is 0.515. The van der Waals surface area contributed by atoms with Crippen LogP contribution in [0.3, 0.4) is 0 Å². The van der Waals surface area contributed by atoms with Gasteiger partial charge in [-0.25, -0.2) is 0 Å². The summed E-state index contributed by atoms with van der Waals surface area (Å²) in [7, 11) is 0. The Hall–Kier alpha value is -4.33. The summed E-state index contributed by atoms with van der Waals surface area (Å²) in [6.07, 6.45) is 6.41. The SMILES string of the molecule is O=C(Nc1cccc(CNC(=O)c2cc(-c3cccnc3)on2)c1)c1ccncc1. The second-order valence-corrected chi connectivity index (χ2v) is 6.39. The average Bonchev–Trinajstić information content (AvgIpc) is 3.29. The maximum atomic E-state index is 12.4. The monoisotopic (exact) mass is 399 g/mol. The third-order valence-electron chi connectivity index (χ3n) is 4.27. The Morgan fingerprint density at radius 3 is 2.57 bits per heavy atom. The molecule has 4 rings (SSSR count). The van der Waals surface area contributed by atoms with Crippen molar-refractivity contribution in [2.24, 2.45) is 0 Å². The van der Waals surface area contributed by atoms with Gasteiger partial charge in [0.05, 0.1) is 0 Å². The van der Waals surface area contributed by atoms with Crippen LogP contribution in [0.4, 0.5) is 5.69 Å². The van der Waals surface area contributed by atoms with Crippen LogP contribution in [0.2, 0.25) is 0 Å². The molecule has 0 aliphatic heterocycles. The number of nitrogens with zero attached hydrogens (tertiary/aromatic N) is 3. The predicted molar refractivity (Wildman–Crippen MR) is 110 cm³/mol. The van der Waals surface area contributed by atoms with Gasteiger partial charge in [-0.3, -0.25) is 19.6 Å². The zero-order valence-corrected chi connectivity index (χ0v) is 15.8. The average molecular weight is 399 g/mol. The molecule has 2 amide bonds. The summed E-state index contributed by atoms with van der Waals surface area (Å²) in [6.45, 7) is 0.271. The highest BCUT2D eigenvalue weighted by atomic mass is 16.5. The van der Waals surface area contributed by atoms with Gasteiger partial charge in [0.15, 0.2) is 11.5 Å². The first-order chi connectivity index (χ1) is 14.7. The Kier molecular flexibility index (Phi) is 5.56. The summed E-state index contributed by atoms with van der Waals surface area (Å²) in [5.41, 5.74) is 2.88. The van der Waals surface area contributed by atoms with E-state index in [1.165, 1.54) is 0 Å². The summed E-state index contributed by atoms with van der Waals surface area (Å²) < 4.78 is 5.23. The molecule has 0 fully saturated rings. The van der Waals surface area contributed by atoms with E-state index in [-0.39, 0.29) is 24.1 Å². The van der Waals surface area contributed by atoms with Crippen LogP contribution in [0.1, 0.15) is 26.4 Å². The van der Waals surface area contributed by atoms with Crippen molar-refractivity contribution in [2.75, 3.05) is 5.32 Å². The van der Waals surface area contributed by atoms with Gasteiger partial charge in [0, 0.05) is 54.2 Å². The molecule has 0 aliphatic carbocycles. The number of nitrogens with one attached hydrogen (secondary N) is 2. The van der Waals surface area contributed by atoms with E-state index >= 15 is 0 Å². The molecule has 0 aliphatic rings. The number of benzene rings is 1. The third kappa shape index (κ3) is 4.56. The number of pyridine rings is 2. The van der Waals surface area contributed by atoms with Crippen LogP contribution < -0.4 is 10.6 Å². The lowest BCUT2D eigenvalue weighted by atomic mass is 10.2. The van der Waals surface area contributed by atoms with Crippen LogP contribution in [0.5, 0.6) is 0 Å². The first kappa shape index (κ1) is 19.0. The lowest BCUT2D eigenvalue weighted by Crippen LogP contribution is -2.23. The molecule has 0 radical (unpaired) electrons. The summed E-state index contributed by atoms with van der Waals surface area (Å²) in [4.78, 5) is 32.6. The van der Waals surface area contributed by atoms with Gasteiger partial charge in [-0.2, -0.15) is 0 Å². The topological polar surface area (TPSA) is 110 Å². The second-order valence-electron chi connectivity index (χ2n) is 6.39. The van der Waals surface area contributed by atoms with E-state index < -0.39 is 0 Å². The fourth-order valence-electron chi connectivity index (χ4n) is 2.77. The van der Waals surface area contributed by atoms with Crippen molar-refractivity contribution in [1.29, 1.82) is 0 Å². The molecule has 0 saturated heterocycles. The molecule has 4 aromatic rings. The van der Waals surface area contributed by atoms with Crippen LogP contribution in [-0.4, -0.2) is 26.9 Å². The second kappa shape index (κ2) is 8.78. The lowest BCUT2D eigenvalue weighted by Gasteiger charge is -2.08. The summed E-state index contributed by atoms with van der Waals surface area (Å²) in [6, 6.07) is 15.7. The van der Waals surface area contributed by atoms with Crippen LogP contribution in [0.15, 0.2) is 83.9 Å². The van der Waals surface area contributed by atoms with E-state index in [2.05, 4.69) is 25.8 Å². The summed E-state index contributed by atoms with van der Waals surface area (Å²) in [5.74, 6) is -0.127. The largest absolute Gasteiger partial charge is 0.355 e. The van der Waals surface area contributed by atoms with Crippen molar-refractivity contribution in [3.8, 4) is 11.3 Å². The minimum absolute atomic E-state index is 0.177. The zero-order chi connectivity index (χ0) is 20.8. The molecule has 2 N–H and O–H groups in total. The molecule has 0 spiro atoms. The van der Waals surface area contributed by atoms with Gasteiger partial charge in [0.25, 0.3) is 11.8 Å². The molecule has 3 aromatic heterocycles. The number of anilines is 1. The van der Waals surface area contributed by atoms with Crippen molar-refractivity contribution in [3.63, 3.8) is 0 Å². The maximum absolute atomic E-state index is 12.4. The Morgan fingerprint density at radius 1 is 0.900 bits per heavy atom.